The highest BCUT2D eigenvalue weighted by atomic mass is 32.2. The molecule has 0 saturated heterocycles. The normalized spacial score (nSPS) is 12.8. The molecule has 1 unspecified atom stereocenters. The van der Waals surface area contributed by atoms with Crippen molar-refractivity contribution in [2.24, 2.45) is 0 Å². The monoisotopic (exact) mass is 186 g/mol. The lowest BCUT2D eigenvalue weighted by Crippen LogP contribution is -1.91. The van der Waals surface area contributed by atoms with E-state index < -0.39 is 10.8 Å². The van der Waals surface area contributed by atoms with Gasteiger partial charge < -0.3 is 10.2 Å². The molecular weight excluding hydrogens is 176 g/mol. The molecule has 0 fully saturated rings. The first-order chi connectivity index (χ1) is 5.65. The summed E-state index contributed by atoms with van der Waals surface area (Å²) in [4.78, 5) is 0.363. The Balaban J connectivity index is 3.17. The van der Waals surface area contributed by atoms with E-state index in [1.807, 2.05) is 0 Å². The number of hydrogen-bond donors (Lipinski definition) is 2. The molecular formula is C8H10O3S. The highest BCUT2D eigenvalue weighted by Gasteiger charge is 2.05. The summed E-state index contributed by atoms with van der Waals surface area (Å²) in [6.45, 7) is -0.107. The second-order valence-corrected chi connectivity index (χ2v) is 3.76. The van der Waals surface area contributed by atoms with Crippen LogP contribution in [0.3, 0.4) is 0 Å². The Labute approximate surface area is 73.1 Å². The van der Waals surface area contributed by atoms with Crippen LogP contribution in [0.25, 0.3) is 0 Å². The van der Waals surface area contributed by atoms with Gasteiger partial charge in [0.05, 0.1) is 22.3 Å². The van der Waals surface area contributed by atoms with Crippen LogP contribution in [-0.4, -0.2) is 20.7 Å². The minimum Gasteiger partial charge on any atom is -0.507 e. The topological polar surface area (TPSA) is 57.5 Å². The van der Waals surface area contributed by atoms with Gasteiger partial charge in [-0.2, -0.15) is 0 Å². The molecule has 0 aliphatic carbocycles. The van der Waals surface area contributed by atoms with Crippen molar-refractivity contribution in [2.75, 3.05) is 6.26 Å². The minimum atomic E-state index is -1.21. The smallest absolute Gasteiger partial charge is 0.131 e. The molecule has 0 heterocycles. The third-order valence-electron chi connectivity index (χ3n) is 1.52. The van der Waals surface area contributed by atoms with Crippen molar-refractivity contribution >= 4 is 10.8 Å². The number of rotatable bonds is 2. The molecule has 4 heteroatoms. The summed E-state index contributed by atoms with van der Waals surface area (Å²) in [5.41, 5.74) is 0.651. The van der Waals surface area contributed by atoms with Crippen molar-refractivity contribution in [2.45, 2.75) is 11.5 Å². The van der Waals surface area contributed by atoms with E-state index in [-0.39, 0.29) is 12.4 Å². The molecule has 0 saturated carbocycles. The van der Waals surface area contributed by atoms with Gasteiger partial charge in [0.2, 0.25) is 0 Å². The molecule has 1 aromatic rings. The van der Waals surface area contributed by atoms with Gasteiger partial charge in [-0.3, -0.25) is 4.21 Å². The van der Waals surface area contributed by atoms with Crippen LogP contribution in [0.15, 0.2) is 23.1 Å². The molecule has 3 nitrogen and oxygen atoms in total. The van der Waals surface area contributed by atoms with Crippen molar-refractivity contribution in [1.29, 1.82) is 0 Å². The second kappa shape index (κ2) is 3.69. The Kier molecular flexibility index (Phi) is 2.83. The molecule has 0 aromatic heterocycles. The molecule has 1 atom stereocenters. The average Bonchev–Trinajstić information content (AvgIpc) is 2.05. The first-order valence-corrected chi connectivity index (χ1v) is 4.97. The Morgan fingerprint density at radius 1 is 1.50 bits per heavy atom. The lowest BCUT2D eigenvalue weighted by Gasteiger charge is -2.02. The van der Waals surface area contributed by atoms with Gasteiger partial charge in [0.15, 0.2) is 0 Å². The Morgan fingerprint density at radius 2 is 2.17 bits per heavy atom. The van der Waals surface area contributed by atoms with Crippen LogP contribution in [0.1, 0.15) is 5.56 Å². The number of aliphatic hydroxyl groups excluding tert-OH is 1. The van der Waals surface area contributed by atoms with Crippen LogP contribution < -0.4 is 0 Å². The Morgan fingerprint density at radius 3 is 2.67 bits per heavy atom. The molecule has 66 valence electrons. The number of aromatic hydroxyl groups is 1. The van der Waals surface area contributed by atoms with Crippen LogP contribution >= 0.6 is 0 Å². The van der Waals surface area contributed by atoms with Crippen LogP contribution in [0.5, 0.6) is 5.75 Å². The van der Waals surface area contributed by atoms with E-state index in [1.165, 1.54) is 18.4 Å². The Bertz CT molecular complexity index is 309. The van der Waals surface area contributed by atoms with Crippen molar-refractivity contribution in [3.05, 3.63) is 23.8 Å². The van der Waals surface area contributed by atoms with Crippen molar-refractivity contribution in [1.82, 2.24) is 0 Å². The standard InChI is InChI=1S/C8H10O3S/c1-12(11)8-4-6(5-9)2-3-7(8)10/h2-4,9-10H,5H2,1H3. The predicted molar refractivity (Wildman–Crippen MR) is 46.4 cm³/mol. The fourth-order valence-electron chi connectivity index (χ4n) is 0.887. The lowest BCUT2D eigenvalue weighted by molar-refractivity contribution is 0.281. The largest absolute Gasteiger partial charge is 0.507 e. The third kappa shape index (κ3) is 1.84. The fraction of sp³-hybridized carbons (Fsp3) is 0.250. The summed E-state index contributed by atoms with van der Waals surface area (Å²) in [6.07, 6.45) is 1.48. The van der Waals surface area contributed by atoms with E-state index in [2.05, 4.69) is 0 Å². The highest BCUT2D eigenvalue weighted by Crippen LogP contribution is 2.21. The molecule has 2 N–H and O–H groups in total. The number of aliphatic hydroxyl groups is 1. The minimum absolute atomic E-state index is 0.00744. The second-order valence-electron chi connectivity index (χ2n) is 2.41. The van der Waals surface area contributed by atoms with E-state index in [4.69, 9.17) is 5.11 Å². The van der Waals surface area contributed by atoms with Gasteiger partial charge in [0, 0.05) is 6.26 Å². The van der Waals surface area contributed by atoms with E-state index in [0.29, 0.717) is 10.5 Å². The molecule has 0 aliphatic heterocycles. The lowest BCUT2D eigenvalue weighted by atomic mass is 10.2. The van der Waals surface area contributed by atoms with Crippen LogP contribution in [0.2, 0.25) is 0 Å². The van der Waals surface area contributed by atoms with Gasteiger partial charge in [0.25, 0.3) is 0 Å². The van der Waals surface area contributed by atoms with Gasteiger partial charge in [-0.1, -0.05) is 6.07 Å². The van der Waals surface area contributed by atoms with Crippen LogP contribution in [-0.2, 0) is 17.4 Å². The van der Waals surface area contributed by atoms with Crippen LogP contribution in [0, 0.1) is 0 Å². The first-order valence-electron chi connectivity index (χ1n) is 3.41. The van der Waals surface area contributed by atoms with Crippen molar-refractivity contribution < 1.29 is 14.4 Å². The SMILES string of the molecule is CS(=O)c1cc(CO)ccc1O. The zero-order valence-corrected chi connectivity index (χ0v) is 7.47. The van der Waals surface area contributed by atoms with E-state index in [1.54, 1.807) is 6.07 Å². The van der Waals surface area contributed by atoms with Crippen molar-refractivity contribution in [3.63, 3.8) is 0 Å². The summed E-state index contributed by atoms with van der Waals surface area (Å²) < 4.78 is 11.0. The van der Waals surface area contributed by atoms with Gasteiger partial charge in [0.1, 0.15) is 5.75 Å². The highest BCUT2D eigenvalue weighted by molar-refractivity contribution is 7.84. The number of benzene rings is 1. The summed E-state index contributed by atoms with van der Waals surface area (Å²) in [6, 6.07) is 4.55. The molecule has 0 radical (unpaired) electrons. The maximum absolute atomic E-state index is 11.0. The summed E-state index contributed by atoms with van der Waals surface area (Å²) in [7, 11) is -1.21. The molecule has 1 aromatic carbocycles. The third-order valence-corrected chi connectivity index (χ3v) is 2.46. The maximum Gasteiger partial charge on any atom is 0.131 e. The predicted octanol–water partition coefficient (Wildman–Crippen LogP) is 0.622. The van der Waals surface area contributed by atoms with Gasteiger partial charge in [-0.25, -0.2) is 0 Å². The molecule has 0 amide bonds. The first kappa shape index (κ1) is 9.22. The van der Waals surface area contributed by atoms with E-state index in [0.717, 1.165) is 0 Å². The van der Waals surface area contributed by atoms with E-state index >= 15 is 0 Å². The van der Waals surface area contributed by atoms with Gasteiger partial charge >= 0.3 is 0 Å². The maximum atomic E-state index is 11.0. The van der Waals surface area contributed by atoms with Gasteiger partial charge in [-0.15, -0.1) is 0 Å². The summed E-state index contributed by atoms with van der Waals surface area (Å²) >= 11 is 0. The molecule has 0 bridgehead atoms. The zero-order valence-electron chi connectivity index (χ0n) is 6.65. The molecule has 0 spiro atoms. The molecule has 1 rings (SSSR count). The fourth-order valence-corrected chi connectivity index (χ4v) is 1.57. The van der Waals surface area contributed by atoms with Crippen molar-refractivity contribution in [3.8, 4) is 5.75 Å². The quantitative estimate of drug-likeness (QED) is 0.712. The molecule has 0 aliphatic rings. The average molecular weight is 186 g/mol. The number of phenols is 1. The zero-order chi connectivity index (χ0) is 9.14. The number of phenolic OH excluding ortho intramolecular Hbond substituents is 1. The summed E-state index contributed by atoms with van der Waals surface area (Å²) in [5, 5.41) is 18.0. The Hall–Kier alpha value is -0.870. The summed E-state index contributed by atoms with van der Waals surface area (Å²) in [5.74, 6) is 0.00744. The molecule has 12 heavy (non-hydrogen) atoms. The van der Waals surface area contributed by atoms with Gasteiger partial charge in [-0.05, 0) is 17.7 Å². The van der Waals surface area contributed by atoms with Crippen LogP contribution in [0.4, 0.5) is 0 Å². The van der Waals surface area contributed by atoms with E-state index in [9.17, 15) is 9.32 Å². The number of hydrogen-bond acceptors (Lipinski definition) is 3.